The second kappa shape index (κ2) is 22.2. The standard InChI is InChI=1S/C47H66N2/c1-3-5-7-9-11-14-20-44-36-40(34-38-24-30-46(48)31-25-38)22-28-42(44)18-16-13-17-19-43-29-23-41(35-39-26-32-47(49)33-27-39)37-45(43)21-15-12-10-8-6-4-2/h22-33,36-37H,3-21,34-35,48-49H2,1-2H3. The van der Waals surface area contributed by atoms with Gasteiger partial charge in [-0.2, -0.15) is 0 Å². The molecule has 4 rings (SSSR count). The number of hydrogen-bond donors (Lipinski definition) is 2. The van der Waals surface area contributed by atoms with Crippen molar-refractivity contribution in [1.29, 1.82) is 0 Å². The van der Waals surface area contributed by atoms with Gasteiger partial charge in [0.25, 0.3) is 0 Å². The van der Waals surface area contributed by atoms with Crippen molar-refractivity contribution >= 4 is 11.4 Å². The highest BCUT2D eigenvalue weighted by molar-refractivity contribution is 5.43. The zero-order chi connectivity index (χ0) is 34.5. The fraction of sp³-hybridized carbons (Fsp3) is 0.489. The summed E-state index contributed by atoms with van der Waals surface area (Å²) < 4.78 is 0. The van der Waals surface area contributed by atoms with Crippen LogP contribution in [0, 0.1) is 0 Å². The molecule has 0 saturated heterocycles. The number of aryl methyl sites for hydroxylation is 4. The molecular weight excluding hydrogens is 593 g/mol. The molecule has 0 unspecified atom stereocenters. The third kappa shape index (κ3) is 14.5. The first-order valence-corrected chi connectivity index (χ1v) is 19.9. The summed E-state index contributed by atoms with van der Waals surface area (Å²) in [5, 5.41) is 0. The first-order chi connectivity index (χ1) is 24.0. The van der Waals surface area contributed by atoms with E-state index < -0.39 is 0 Å². The maximum absolute atomic E-state index is 5.94. The van der Waals surface area contributed by atoms with Crippen LogP contribution >= 0.6 is 0 Å². The van der Waals surface area contributed by atoms with E-state index in [1.807, 2.05) is 24.3 Å². The smallest absolute Gasteiger partial charge is 0.0314 e. The average molecular weight is 659 g/mol. The molecule has 4 aromatic rings. The second-order valence-corrected chi connectivity index (χ2v) is 14.6. The van der Waals surface area contributed by atoms with Gasteiger partial charge in [0.15, 0.2) is 0 Å². The molecule has 0 aliphatic rings. The predicted octanol–water partition coefficient (Wildman–Crippen LogP) is 12.8. The number of anilines is 2. The van der Waals surface area contributed by atoms with Crippen LogP contribution in [0.1, 0.15) is 155 Å². The predicted molar refractivity (Wildman–Crippen MR) is 216 cm³/mol. The quantitative estimate of drug-likeness (QED) is 0.0581. The highest BCUT2D eigenvalue weighted by Crippen LogP contribution is 2.24. The van der Waals surface area contributed by atoms with Crippen LogP contribution in [0.25, 0.3) is 0 Å². The number of unbranched alkanes of at least 4 members (excludes halogenated alkanes) is 12. The highest BCUT2D eigenvalue weighted by atomic mass is 14.5. The Morgan fingerprint density at radius 3 is 1.02 bits per heavy atom. The van der Waals surface area contributed by atoms with E-state index in [1.165, 1.54) is 144 Å². The van der Waals surface area contributed by atoms with Crippen molar-refractivity contribution < 1.29 is 0 Å². The summed E-state index contributed by atoms with van der Waals surface area (Å²) in [6.07, 6.45) is 26.8. The van der Waals surface area contributed by atoms with Gasteiger partial charge in [-0.3, -0.25) is 0 Å². The Balaban J connectivity index is 1.33. The van der Waals surface area contributed by atoms with Crippen molar-refractivity contribution in [2.24, 2.45) is 0 Å². The Labute approximate surface area is 300 Å². The molecule has 49 heavy (non-hydrogen) atoms. The van der Waals surface area contributed by atoms with Gasteiger partial charge in [-0.1, -0.05) is 145 Å². The summed E-state index contributed by atoms with van der Waals surface area (Å²) in [6.45, 7) is 4.60. The van der Waals surface area contributed by atoms with Crippen molar-refractivity contribution in [2.45, 2.75) is 149 Å². The molecule has 264 valence electrons. The minimum atomic E-state index is 0.836. The van der Waals surface area contributed by atoms with Crippen LogP contribution in [0.2, 0.25) is 0 Å². The average Bonchev–Trinajstić information content (AvgIpc) is 3.11. The molecule has 2 nitrogen and oxygen atoms in total. The van der Waals surface area contributed by atoms with Crippen LogP contribution in [0.3, 0.4) is 0 Å². The second-order valence-electron chi connectivity index (χ2n) is 14.6. The minimum absolute atomic E-state index is 0.836. The molecule has 0 aromatic heterocycles. The highest BCUT2D eigenvalue weighted by Gasteiger charge is 2.09. The molecule has 0 bridgehead atoms. The van der Waals surface area contributed by atoms with Gasteiger partial charge in [0.1, 0.15) is 0 Å². The Morgan fingerprint density at radius 2 is 0.633 bits per heavy atom. The van der Waals surface area contributed by atoms with Crippen molar-refractivity contribution in [1.82, 2.24) is 0 Å². The van der Waals surface area contributed by atoms with E-state index in [1.54, 1.807) is 22.3 Å². The van der Waals surface area contributed by atoms with Crippen LogP contribution in [0.4, 0.5) is 11.4 Å². The Kier molecular flexibility index (Phi) is 17.4. The third-order valence-electron chi connectivity index (χ3n) is 10.3. The molecule has 0 fully saturated rings. The van der Waals surface area contributed by atoms with Crippen LogP contribution in [0.15, 0.2) is 84.9 Å². The van der Waals surface area contributed by atoms with Crippen LogP contribution in [0.5, 0.6) is 0 Å². The third-order valence-corrected chi connectivity index (χ3v) is 10.3. The number of nitrogens with two attached hydrogens (primary N) is 2. The van der Waals surface area contributed by atoms with Crippen molar-refractivity contribution in [3.63, 3.8) is 0 Å². The molecule has 0 saturated carbocycles. The molecule has 0 atom stereocenters. The van der Waals surface area contributed by atoms with Crippen molar-refractivity contribution in [3.05, 3.63) is 129 Å². The van der Waals surface area contributed by atoms with Crippen LogP contribution in [-0.2, 0) is 38.5 Å². The maximum atomic E-state index is 5.94. The maximum Gasteiger partial charge on any atom is 0.0314 e. The molecule has 4 N–H and O–H groups in total. The largest absolute Gasteiger partial charge is 0.399 e. The van der Waals surface area contributed by atoms with Gasteiger partial charge in [0, 0.05) is 11.4 Å². The molecule has 0 aliphatic heterocycles. The number of nitrogen functional groups attached to an aromatic ring is 2. The molecule has 0 radical (unpaired) electrons. The summed E-state index contributed by atoms with van der Waals surface area (Å²) in [6, 6.07) is 31.4. The first-order valence-electron chi connectivity index (χ1n) is 19.9. The van der Waals surface area contributed by atoms with Gasteiger partial charge in [0.2, 0.25) is 0 Å². The number of rotatable bonds is 24. The van der Waals surface area contributed by atoms with Gasteiger partial charge >= 0.3 is 0 Å². The Bertz CT molecular complexity index is 1350. The summed E-state index contributed by atoms with van der Waals surface area (Å²) in [5.74, 6) is 0. The van der Waals surface area contributed by atoms with Crippen molar-refractivity contribution in [3.8, 4) is 0 Å². The topological polar surface area (TPSA) is 52.0 Å². The van der Waals surface area contributed by atoms with Gasteiger partial charge in [-0.05, 0) is 133 Å². The Hall–Kier alpha value is -3.52. The lowest BCUT2D eigenvalue weighted by Crippen LogP contribution is -2.00. The van der Waals surface area contributed by atoms with Crippen LogP contribution in [-0.4, -0.2) is 0 Å². The Morgan fingerprint density at radius 1 is 0.327 bits per heavy atom. The molecule has 0 spiro atoms. The molecule has 0 amide bonds. The normalized spacial score (nSPS) is 11.3. The number of benzene rings is 4. The zero-order valence-corrected chi connectivity index (χ0v) is 31.1. The lowest BCUT2D eigenvalue weighted by atomic mass is 9.91. The zero-order valence-electron chi connectivity index (χ0n) is 31.1. The number of hydrogen-bond acceptors (Lipinski definition) is 2. The lowest BCUT2D eigenvalue weighted by Gasteiger charge is -2.14. The van der Waals surface area contributed by atoms with Gasteiger partial charge in [-0.25, -0.2) is 0 Å². The minimum Gasteiger partial charge on any atom is -0.399 e. The summed E-state index contributed by atoms with van der Waals surface area (Å²) in [5.41, 5.74) is 25.4. The van der Waals surface area contributed by atoms with Gasteiger partial charge in [-0.15, -0.1) is 0 Å². The summed E-state index contributed by atoms with van der Waals surface area (Å²) >= 11 is 0. The van der Waals surface area contributed by atoms with E-state index >= 15 is 0 Å². The molecule has 0 heterocycles. The van der Waals surface area contributed by atoms with E-state index in [0.717, 1.165) is 24.2 Å². The molecule has 4 aromatic carbocycles. The summed E-state index contributed by atoms with van der Waals surface area (Å²) in [4.78, 5) is 0. The van der Waals surface area contributed by atoms with E-state index in [-0.39, 0.29) is 0 Å². The molecule has 0 aliphatic carbocycles. The molecular formula is C47H66N2. The van der Waals surface area contributed by atoms with Crippen LogP contribution < -0.4 is 11.5 Å². The van der Waals surface area contributed by atoms with E-state index in [4.69, 9.17) is 11.5 Å². The first kappa shape index (κ1) is 38.3. The van der Waals surface area contributed by atoms with E-state index in [2.05, 4.69) is 74.5 Å². The van der Waals surface area contributed by atoms with E-state index in [9.17, 15) is 0 Å². The van der Waals surface area contributed by atoms with Crippen molar-refractivity contribution in [2.75, 3.05) is 11.5 Å². The van der Waals surface area contributed by atoms with Gasteiger partial charge < -0.3 is 11.5 Å². The fourth-order valence-electron chi connectivity index (χ4n) is 7.27. The lowest BCUT2D eigenvalue weighted by molar-refractivity contribution is 0.604. The molecule has 2 heteroatoms. The SMILES string of the molecule is CCCCCCCCc1cc(Cc2ccc(N)cc2)ccc1CCCCCc1ccc(Cc2ccc(N)cc2)cc1CCCCCCCC. The fourth-order valence-corrected chi connectivity index (χ4v) is 7.27. The van der Waals surface area contributed by atoms with Gasteiger partial charge in [0.05, 0.1) is 0 Å². The monoisotopic (exact) mass is 659 g/mol. The summed E-state index contributed by atoms with van der Waals surface area (Å²) in [7, 11) is 0. The van der Waals surface area contributed by atoms with E-state index in [0.29, 0.717) is 0 Å².